The maximum atomic E-state index is 13.6. The number of hydrogen-bond acceptors (Lipinski definition) is 6. The molecule has 0 bridgehead atoms. The van der Waals surface area contributed by atoms with E-state index >= 15 is 0 Å². The highest BCUT2D eigenvalue weighted by atomic mass is 16.2. The highest BCUT2D eigenvalue weighted by molar-refractivity contribution is 5.98. The lowest BCUT2D eigenvalue weighted by molar-refractivity contribution is -0.137. The Bertz CT molecular complexity index is 944. The van der Waals surface area contributed by atoms with Crippen molar-refractivity contribution >= 4 is 23.3 Å². The van der Waals surface area contributed by atoms with Gasteiger partial charge in [0, 0.05) is 25.7 Å². The van der Waals surface area contributed by atoms with E-state index in [1.807, 2.05) is 11.8 Å². The molecule has 3 rings (SSSR count). The van der Waals surface area contributed by atoms with Gasteiger partial charge in [-0.1, -0.05) is 26.2 Å². The summed E-state index contributed by atoms with van der Waals surface area (Å²) in [4.78, 5) is 56.7. The summed E-state index contributed by atoms with van der Waals surface area (Å²) in [5, 5.41) is 2.82. The third-order valence-corrected chi connectivity index (χ3v) is 6.49. The standard InChI is InChI=1S/C21H34N6O4/c1-4-5-11-26-17(22)16(18(29)24-20(26)31)27(14-8-6-7-9-14)15(28)13-25-12-10-23-19(30)21(25,2)3/h14H,4-13,22H2,1-3H3,(H,23,30)(H,24,29,31). The minimum atomic E-state index is -0.840. The first-order valence-corrected chi connectivity index (χ1v) is 11.2. The van der Waals surface area contributed by atoms with E-state index in [2.05, 4.69) is 10.3 Å². The monoisotopic (exact) mass is 434 g/mol. The molecule has 10 heteroatoms. The largest absolute Gasteiger partial charge is 0.383 e. The van der Waals surface area contributed by atoms with Crippen LogP contribution >= 0.6 is 0 Å². The number of anilines is 2. The van der Waals surface area contributed by atoms with Crippen molar-refractivity contribution in [1.29, 1.82) is 0 Å². The fraction of sp³-hybridized carbons (Fsp3) is 0.714. The van der Waals surface area contributed by atoms with Gasteiger partial charge in [0.1, 0.15) is 5.82 Å². The van der Waals surface area contributed by atoms with Gasteiger partial charge in [-0.25, -0.2) is 4.79 Å². The van der Waals surface area contributed by atoms with Crippen molar-refractivity contribution in [2.24, 2.45) is 0 Å². The third-order valence-electron chi connectivity index (χ3n) is 6.49. The van der Waals surface area contributed by atoms with Crippen LogP contribution in [0.4, 0.5) is 11.5 Å². The topological polar surface area (TPSA) is 134 Å². The van der Waals surface area contributed by atoms with E-state index in [-0.39, 0.29) is 35.9 Å². The van der Waals surface area contributed by atoms with Crippen LogP contribution in [-0.4, -0.2) is 57.5 Å². The van der Waals surface area contributed by atoms with E-state index in [4.69, 9.17) is 5.73 Å². The number of nitrogens with zero attached hydrogens (tertiary/aromatic N) is 3. The molecule has 2 amide bonds. The average Bonchev–Trinajstić information content (AvgIpc) is 3.23. The van der Waals surface area contributed by atoms with Crippen LogP contribution in [0.15, 0.2) is 9.59 Å². The molecule has 1 aromatic heterocycles. The van der Waals surface area contributed by atoms with Gasteiger partial charge in [0.15, 0.2) is 5.69 Å². The Labute approximate surface area is 181 Å². The number of nitrogens with two attached hydrogens (primary N) is 1. The van der Waals surface area contributed by atoms with Crippen molar-refractivity contribution in [3.63, 3.8) is 0 Å². The Morgan fingerprint density at radius 3 is 2.55 bits per heavy atom. The normalized spacial score (nSPS) is 19.4. The maximum absolute atomic E-state index is 13.6. The second-order valence-corrected chi connectivity index (χ2v) is 8.94. The predicted molar refractivity (Wildman–Crippen MR) is 119 cm³/mol. The summed E-state index contributed by atoms with van der Waals surface area (Å²) in [5.41, 5.74) is 4.31. The minimum absolute atomic E-state index is 0.0100. The van der Waals surface area contributed by atoms with E-state index in [1.54, 1.807) is 13.8 Å². The first-order chi connectivity index (χ1) is 14.7. The van der Waals surface area contributed by atoms with Gasteiger partial charge >= 0.3 is 5.69 Å². The number of rotatable bonds is 7. The van der Waals surface area contributed by atoms with Gasteiger partial charge in [-0.15, -0.1) is 0 Å². The van der Waals surface area contributed by atoms with Crippen molar-refractivity contribution in [2.75, 3.05) is 30.3 Å². The summed E-state index contributed by atoms with van der Waals surface area (Å²) in [5.74, 6) is -0.393. The minimum Gasteiger partial charge on any atom is -0.383 e. The molecular weight excluding hydrogens is 400 g/mol. The number of unbranched alkanes of at least 4 members (excludes halogenated alkanes) is 1. The lowest BCUT2D eigenvalue weighted by atomic mass is 9.99. The van der Waals surface area contributed by atoms with Gasteiger partial charge in [0.2, 0.25) is 11.8 Å². The van der Waals surface area contributed by atoms with E-state index in [9.17, 15) is 19.2 Å². The fourth-order valence-corrected chi connectivity index (χ4v) is 4.48. The van der Waals surface area contributed by atoms with Crippen LogP contribution < -0.4 is 27.2 Å². The molecule has 1 saturated heterocycles. The summed E-state index contributed by atoms with van der Waals surface area (Å²) in [6.07, 6.45) is 5.03. The van der Waals surface area contributed by atoms with Gasteiger partial charge in [-0.3, -0.25) is 28.8 Å². The number of hydrogen-bond donors (Lipinski definition) is 3. The highest BCUT2D eigenvalue weighted by Gasteiger charge is 2.41. The first kappa shape index (κ1) is 23.1. The van der Waals surface area contributed by atoms with Gasteiger partial charge in [-0.2, -0.15) is 0 Å². The third kappa shape index (κ3) is 4.53. The molecule has 0 radical (unpaired) electrons. The summed E-state index contributed by atoms with van der Waals surface area (Å²) < 4.78 is 1.34. The van der Waals surface area contributed by atoms with E-state index in [0.29, 0.717) is 19.6 Å². The molecule has 172 valence electrons. The van der Waals surface area contributed by atoms with Crippen LogP contribution in [0.3, 0.4) is 0 Å². The summed E-state index contributed by atoms with van der Waals surface area (Å²) in [6.45, 7) is 6.91. The molecule has 2 fully saturated rings. The van der Waals surface area contributed by atoms with Crippen molar-refractivity contribution < 1.29 is 9.59 Å². The maximum Gasteiger partial charge on any atom is 0.330 e. The lowest BCUT2D eigenvalue weighted by Crippen LogP contribution is -2.64. The van der Waals surface area contributed by atoms with Gasteiger partial charge in [-0.05, 0) is 33.1 Å². The zero-order valence-corrected chi connectivity index (χ0v) is 18.7. The first-order valence-electron chi connectivity index (χ1n) is 11.2. The number of piperazine rings is 1. The Hall–Kier alpha value is -2.62. The number of nitrogen functional groups attached to an aromatic ring is 1. The van der Waals surface area contributed by atoms with Crippen LogP contribution in [0.25, 0.3) is 0 Å². The van der Waals surface area contributed by atoms with Gasteiger partial charge in [0.25, 0.3) is 5.56 Å². The second-order valence-electron chi connectivity index (χ2n) is 8.94. The Balaban J connectivity index is 2.00. The van der Waals surface area contributed by atoms with Gasteiger partial charge in [0.05, 0.1) is 12.1 Å². The molecule has 0 unspecified atom stereocenters. The summed E-state index contributed by atoms with van der Waals surface area (Å²) in [6, 6.07) is -0.158. The second kappa shape index (κ2) is 9.25. The summed E-state index contributed by atoms with van der Waals surface area (Å²) >= 11 is 0. The average molecular weight is 435 g/mol. The van der Waals surface area contributed by atoms with Crippen molar-refractivity contribution in [1.82, 2.24) is 19.8 Å². The number of nitrogens with one attached hydrogen (secondary N) is 2. The van der Waals surface area contributed by atoms with Crippen molar-refractivity contribution in [3.05, 3.63) is 20.8 Å². The number of carbonyl (C=O) groups excluding carboxylic acids is 2. The smallest absolute Gasteiger partial charge is 0.330 e. The number of carbonyl (C=O) groups is 2. The molecule has 1 aliphatic carbocycles. The predicted octanol–water partition coefficient (Wildman–Crippen LogP) is 0.405. The molecule has 0 spiro atoms. The van der Waals surface area contributed by atoms with Crippen LogP contribution in [0.2, 0.25) is 0 Å². The fourth-order valence-electron chi connectivity index (χ4n) is 4.48. The zero-order valence-electron chi connectivity index (χ0n) is 18.7. The molecule has 0 atom stereocenters. The summed E-state index contributed by atoms with van der Waals surface area (Å²) in [7, 11) is 0. The van der Waals surface area contributed by atoms with Crippen molar-refractivity contribution in [3.8, 4) is 0 Å². The number of amides is 2. The molecule has 2 aliphatic rings. The molecule has 2 heterocycles. The van der Waals surface area contributed by atoms with Crippen LogP contribution in [0.1, 0.15) is 59.3 Å². The molecule has 0 aromatic carbocycles. The van der Waals surface area contributed by atoms with Crippen LogP contribution in [0.5, 0.6) is 0 Å². The SMILES string of the molecule is CCCCn1c(N)c(N(C(=O)CN2CCNC(=O)C2(C)C)C2CCCC2)c(=O)[nH]c1=O. The Morgan fingerprint density at radius 1 is 1.23 bits per heavy atom. The number of H-pyrrole nitrogens is 1. The molecule has 4 N–H and O–H groups in total. The molecule has 31 heavy (non-hydrogen) atoms. The highest BCUT2D eigenvalue weighted by Crippen LogP contribution is 2.30. The Kier molecular flexibility index (Phi) is 6.88. The molecule has 10 nitrogen and oxygen atoms in total. The molecular formula is C21H34N6O4. The van der Waals surface area contributed by atoms with Crippen LogP contribution in [0, 0.1) is 0 Å². The molecule has 1 saturated carbocycles. The molecule has 1 aromatic rings. The van der Waals surface area contributed by atoms with Crippen LogP contribution in [-0.2, 0) is 16.1 Å². The zero-order chi connectivity index (χ0) is 22.8. The lowest BCUT2D eigenvalue weighted by Gasteiger charge is -2.42. The Morgan fingerprint density at radius 2 is 1.90 bits per heavy atom. The van der Waals surface area contributed by atoms with E-state index in [0.717, 1.165) is 38.5 Å². The van der Waals surface area contributed by atoms with Gasteiger partial charge < -0.3 is 16.0 Å². The molecule has 1 aliphatic heterocycles. The number of aromatic nitrogens is 2. The van der Waals surface area contributed by atoms with Crippen molar-refractivity contribution in [2.45, 2.75) is 77.4 Å². The quantitative estimate of drug-likeness (QED) is 0.569. The van der Waals surface area contributed by atoms with E-state index < -0.39 is 16.8 Å². The van der Waals surface area contributed by atoms with E-state index in [1.165, 1.54) is 9.47 Å². The number of aromatic amines is 1.